The van der Waals surface area contributed by atoms with E-state index in [0.29, 0.717) is 5.56 Å². The van der Waals surface area contributed by atoms with Crippen LogP contribution in [0.1, 0.15) is 12.5 Å². The maximum Gasteiger partial charge on any atom is 0.249 e. The minimum atomic E-state index is -1.37. The van der Waals surface area contributed by atoms with Crippen LogP contribution in [0.3, 0.4) is 0 Å². The van der Waals surface area contributed by atoms with Gasteiger partial charge in [-0.15, -0.1) is 0 Å². The summed E-state index contributed by atoms with van der Waals surface area (Å²) in [6, 6.07) is 9.00. The van der Waals surface area contributed by atoms with Crippen LogP contribution in [-0.4, -0.2) is 24.2 Å². The number of benzene rings is 1. The zero-order valence-electron chi connectivity index (χ0n) is 8.81. The normalized spacial score (nSPS) is 16.7. The van der Waals surface area contributed by atoms with Crippen molar-refractivity contribution in [3.63, 3.8) is 0 Å². The van der Waals surface area contributed by atoms with Gasteiger partial charge in [0.1, 0.15) is 5.60 Å². The van der Waals surface area contributed by atoms with E-state index in [1.807, 2.05) is 6.07 Å². The smallest absolute Gasteiger partial charge is 0.249 e. The highest BCUT2D eigenvalue weighted by Crippen LogP contribution is 2.28. The molecule has 2 atom stereocenters. The Hall–Kier alpha value is -1.39. The van der Waals surface area contributed by atoms with E-state index in [0.717, 1.165) is 0 Å². The van der Waals surface area contributed by atoms with Gasteiger partial charge in [0.2, 0.25) is 5.91 Å². The van der Waals surface area contributed by atoms with Crippen LogP contribution in [0.15, 0.2) is 30.3 Å². The zero-order valence-corrected chi connectivity index (χ0v) is 8.81. The van der Waals surface area contributed by atoms with Crippen LogP contribution in [0.2, 0.25) is 0 Å². The first-order chi connectivity index (χ1) is 7.02. The molecule has 0 aromatic heterocycles. The molecule has 0 radical (unpaired) electrons. The highest BCUT2D eigenvalue weighted by molar-refractivity contribution is 5.80. The van der Waals surface area contributed by atoms with Crippen molar-refractivity contribution in [2.45, 2.75) is 18.6 Å². The van der Waals surface area contributed by atoms with Crippen molar-refractivity contribution in [1.29, 1.82) is 0 Å². The molecule has 0 saturated heterocycles. The third-order valence-electron chi connectivity index (χ3n) is 2.56. The molecule has 0 spiro atoms. The van der Waals surface area contributed by atoms with Crippen molar-refractivity contribution in [2.75, 3.05) is 7.11 Å². The Labute approximate surface area is 88.7 Å². The van der Waals surface area contributed by atoms with Crippen LogP contribution in [0.25, 0.3) is 0 Å². The first kappa shape index (κ1) is 11.7. The average Bonchev–Trinajstić information content (AvgIpc) is 2.28. The monoisotopic (exact) mass is 209 g/mol. The fourth-order valence-electron chi connectivity index (χ4n) is 1.43. The standard InChI is InChI=1S/C11H15NO3/c1-11(15-2,9(13)10(12)14)8-6-4-3-5-7-8/h3-7,9,13H,1-2H3,(H2,12,14). The van der Waals surface area contributed by atoms with E-state index in [-0.39, 0.29) is 0 Å². The Bertz CT molecular complexity index is 339. The van der Waals surface area contributed by atoms with E-state index in [4.69, 9.17) is 10.5 Å². The number of ether oxygens (including phenoxy) is 1. The topological polar surface area (TPSA) is 72.6 Å². The second kappa shape index (κ2) is 4.42. The Morgan fingerprint density at radius 1 is 1.47 bits per heavy atom. The van der Waals surface area contributed by atoms with Gasteiger partial charge in [0.25, 0.3) is 0 Å². The van der Waals surface area contributed by atoms with Crippen LogP contribution in [0.4, 0.5) is 0 Å². The summed E-state index contributed by atoms with van der Waals surface area (Å²) in [6.45, 7) is 1.62. The van der Waals surface area contributed by atoms with Crippen LogP contribution >= 0.6 is 0 Å². The SMILES string of the molecule is COC(C)(c1ccccc1)C(O)C(N)=O. The van der Waals surface area contributed by atoms with Crippen LogP contribution < -0.4 is 5.73 Å². The molecule has 4 heteroatoms. The summed E-state index contributed by atoms with van der Waals surface area (Å²) in [7, 11) is 1.43. The molecule has 1 aromatic rings. The highest BCUT2D eigenvalue weighted by Gasteiger charge is 2.38. The lowest BCUT2D eigenvalue weighted by Crippen LogP contribution is -2.46. The van der Waals surface area contributed by atoms with E-state index < -0.39 is 17.6 Å². The molecular weight excluding hydrogens is 194 g/mol. The van der Waals surface area contributed by atoms with Gasteiger partial charge in [-0.3, -0.25) is 4.79 Å². The molecule has 4 nitrogen and oxygen atoms in total. The van der Waals surface area contributed by atoms with Crippen molar-refractivity contribution in [1.82, 2.24) is 0 Å². The molecule has 82 valence electrons. The molecule has 0 bridgehead atoms. The van der Waals surface area contributed by atoms with Gasteiger partial charge in [0.05, 0.1) is 0 Å². The number of carbonyl (C=O) groups is 1. The molecule has 0 aliphatic rings. The van der Waals surface area contributed by atoms with Gasteiger partial charge in [-0.25, -0.2) is 0 Å². The maximum absolute atomic E-state index is 11.0. The maximum atomic E-state index is 11.0. The van der Waals surface area contributed by atoms with Crippen molar-refractivity contribution >= 4 is 5.91 Å². The van der Waals surface area contributed by atoms with E-state index in [9.17, 15) is 9.90 Å². The van der Waals surface area contributed by atoms with Gasteiger partial charge in [-0.1, -0.05) is 30.3 Å². The molecule has 1 aromatic carbocycles. The lowest BCUT2D eigenvalue weighted by Gasteiger charge is -2.31. The Morgan fingerprint density at radius 3 is 2.40 bits per heavy atom. The summed E-state index contributed by atoms with van der Waals surface area (Å²) in [5.41, 5.74) is 4.67. The lowest BCUT2D eigenvalue weighted by molar-refractivity contribution is -0.146. The first-order valence-corrected chi connectivity index (χ1v) is 4.60. The predicted octanol–water partition coefficient (Wildman–Crippen LogP) is 0.394. The predicted molar refractivity (Wildman–Crippen MR) is 56.0 cm³/mol. The number of hydrogen-bond acceptors (Lipinski definition) is 3. The van der Waals surface area contributed by atoms with E-state index in [2.05, 4.69) is 0 Å². The molecule has 0 aliphatic heterocycles. The molecule has 15 heavy (non-hydrogen) atoms. The van der Waals surface area contributed by atoms with Crippen molar-refractivity contribution in [3.8, 4) is 0 Å². The van der Waals surface area contributed by atoms with Gasteiger partial charge in [0, 0.05) is 7.11 Å². The van der Waals surface area contributed by atoms with Gasteiger partial charge in [-0.2, -0.15) is 0 Å². The van der Waals surface area contributed by atoms with Crippen LogP contribution in [-0.2, 0) is 15.1 Å². The summed E-state index contributed by atoms with van der Waals surface area (Å²) in [4.78, 5) is 11.0. The second-order valence-corrected chi connectivity index (χ2v) is 3.48. The number of aliphatic hydroxyl groups is 1. The Morgan fingerprint density at radius 2 is 2.00 bits per heavy atom. The lowest BCUT2D eigenvalue weighted by atomic mass is 9.89. The number of aliphatic hydroxyl groups excluding tert-OH is 1. The number of methoxy groups -OCH3 is 1. The largest absolute Gasteiger partial charge is 0.380 e. The average molecular weight is 209 g/mol. The van der Waals surface area contributed by atoms with Crippen molar-refractivity contribution in [2.24, 2.45) is 5.73 Å². The number of primary amides is 1. The summed E-state index contributed by atoms with van der Waals surface area (Å²) in [6.07, 6.45) is -1.37. The molecular formula is C11H15NO3. The quantitative estimate of drug-likeness (QED) is 0.753. The summed E-state index contributed by atoms with van der Waals surface area (Å²) in [5, 5.41) is 9.70. The van der Waals surface area contributed by atoms with Crippen molar-refractivity contribution < 1.29 is 14.6 Å². The second-order valence-electron chi connectivity index (χ2n) is 3.48. The molecule has 0 saturated carbocycles. The molecule has 3 N–H and O–H groups in total. The minimum absolute atomic E-state index is 0.707. The van der Waals surface area contributed by atoms with Gasteiger partial charge >= 0.3 is 0 Å². The van der Waals surface area contributed by atoms with Crippen LogP contribution in [0.5, 0.6) is 0 Å². The minimum Gasteiger partial charge on any atom is -0.380 e. The third kappa shape index (κ3) is 2.16. The number of nitrogens with two attached hydrogens (primary N) is 1. The van der Waals surface area contributed by atoms with E-state index in [1.54, 1.807) is 31.2 Å². The summed E-state index contributed by atoms with van der Waals surface area (Å²) >= 11 is 0. The number of amides is 1. The van der Waals surface area contributed by atoms with E-state index >= 15 is 0 Å². The Kier molecular flexibility index (Phi) is 3.44. The number of carbonyl (C=O) groups excluding carboxylic acids is 1. The molecule has 1 amide bonds. The highest BCUT2D eigenvalue weighted by atomic mass is 16.5. The molecule has 2 unspecified atom stereocenters. The zero-order chi connectivity index (χ0) is 11.5. The van der Waals surface area contributed by atoms with E-state index in [1.165, 1.54) is 7.11 Å². The fraction of sp³-hybridized carbons (Fsp3) is 0.364. The molecule has 0 heterocycles. The van der Waals surface area contributed by atoms with Gasteiger partial charge < -0.3 is 15.6 Å². The summed E-state index contributed by atoms with van der Waals surface area (Å²) in [5.74, 6) is -0.803. The van der Waals surface area contributed by atoms with Gasteiger partial charge in [0.15, 0.2) is 6.10 Å². The fourth-order valence-corrected chi connectivity index (χ4v) is 1.43. The molecule has 0 aliphatic carbocycles. The van der Waals surface area contributed by atoms with Crippen LogP contribution in [0, 0.1) is 0 Å². The molecule has 1 rings (SSSR count). The molecule has 0 fully saturated rings. The summed E-state index contributed by atoms with van der Waals surface area (Å²) < 4.78 is 5.20. The third-order valence-corrected chi connectivity index (χ3v) is 2.56. The Balaban J connectivity index is 3.11. The number of rotatable bonds is 4. The van der Waals surface area contributed by atoms with Gasteiger partial charge in [-0.05, 0) is 12.5 Å². The number of hydrogen-bond donors (Lipinski definition) is 2. The first-order valence-electron chi connectivity index (χ1n) is 4.60. The van der Waals surface area contributed by atoms with Crippen molar-refractivity contribution in [3.05, 3.63) is 35.9 Å².